The monoisotopic (exact) mass is 441 g/mol. The lowest BCUT2D eigenvalue weighted by Crippen LogP contribution is -2.29. The molecule has 3 aromatic rings. The van der Waals surface area contributed by atoms with Crippen molar-refractivity contribution in [1.29, 1.82) is 0 Å². The number of halogens is 2. The lowest BCUT2D eigenvalue weighted by Gasteiger charge is -2.17. The summed E-state index contributed by atoms with van der Waals surface area (Å²) < 4.78 is 0. The molecule has 0 aliphatic carbocycles. The Morgan fingerprint density at radius 3 is 2.10 bits per heavy atom. The van der Waals surface area contributed by atoms with Gasteiger partial charge in [0.2, 0.25) is 0 Å². The number of anilines is 1. The van der Waals surface area contributed by atoms with Gasteiger partial charge in [0.15, 0.2) is 0 Å². The van der Waals surface area contributed by atoms with Crippen LogP contribution >= 0.6 is 23.2 Å². The van der Waals surface area contributed by atoms with Gasteiger partial charge >= 0.3 is 0 Å². The molecule has 6 nitrogen and oxygen atoms in total. The zero-order valence-electron chi connectivity index (χ0n) is 16.2. The summed E-state index contributed by atoms with van der Waals surface area (Å²) in [6.07, 6.45) is 1.81. The van der Waals surface area contributed by atoms with Crippen LogP contribution in [0.5, 0.6) is 0 Å². The molecule has 1 aliphatic heterocycles. The first-order valence-electron chi connectivity index (χ1n) is 9.32. The quantitative estimate of drug-likeness (QED) is 0.599. The van der Waals surface area contributed by atoms with E-state index in [-0.39, 0.29) is 17.9 Å². The Balaban J connectivity index is 1.69. The molecule has 2 aromatic carbocycles. The number of hydrogen-bond donors (Lipinski definition) is 1. The number of carbonyl (C=O) groups excluding carboxylic acids is 2. The minimum absolute atomic E-state index is 0.0316. The second kappa shape index (κ2) is 7.70. The van der Waals surface area contributed by atoms with E-state index in [0.717, 1.165) is 4.90 Å². The maximum atomic E-state index is 12.7. The molecule has 0 saturated carbocycles. The van der Waals surface area contributed by atoms with Gasteiger partial charge in [-0.05, 0) is 29.8 Å². The Labute approximate surface area is 182 Å². The molecule has 152 valence electrons. The van der Waals surface area contributed by atoms with E-state index in [1.165, 1.54) is 6.20 Å². The summed E-state index contributed by atoms with van der Waals surface area (Å²) in [5, 5.41) is 0.598. The van der Waals surface area contributed by atoms with Crippen LogP contribution in [0.2, 0.25) is 10.0 Å². The standard InChI is InChI=1S/C22H17Cl2N3O3/c1-11(2)19-20(28)25-10-12(26-19)7-16-17(23)8-13(9-18(16)24)27-21(29)14-5-3-4-6-15(14)22(27)30/h3-6,8-11H,7H2,1-2H3,(H,25,28). The molecular weight excluding hydrogens is 425 g/mol. The van der Waals surface area contributed by atoms with Crippen LogP contribution in [0, 0.1) is 0 Å². The Hall–Kier alpha value is -2.96. The SMILES string of the molecule is CC(C)c1nc(Cc2c(Cl)cc(N3C(=O)c4ccccc4C3=O)cc2Cl)c[nH]c1=O. The maximum absolute atomic E-state index is 12.7. The van der Waals surface area contributed by atoms with E-state index in [0.29, 0.717) is 43.8 Å². The summed E-state index contributed by atoms with van der Waals surface area (Å²) in [5.41, 5.74) is 2.39. The Morgan fingerprint density at radius 2 is 1.57 bits per heavy atom. The van der Waals surface area contributed by atoms with Gasteiger partial charge in [0.25, 0.3) is 17.4 Å². The number of benzene rings is 2. The van der Waals surface area contributed by atoms with Crippen LogP contribution in [-0.2, 0) is 6.42 Å². The zero-order chi connectivity index (χ0) is 21.6. The third kappa shape index (κ3) is 3.42. The van der Waals surface area contributed by atoms with Crippen LogP contribution in [0.1, 0.15) is 57.4 Å². The van der Waals surface area contributed by atoms with Gasteiger partial charge in [-0.15, -0.1) is 0 Å². The molecule has 1 aromatic heterocycles. The second-order valence-electron chi connectivity index (χ2n) is 7.32. The van der Waals surface area contributed by atoms with Crippen molar-refractivity contribution in [3.63, 3.8) is 0 Å². The van der Waals surface area contributed by atoms with Gasteiger partial charge in [0, 0.05) is 28.6 Å². The van der Waals surface area contributed by atoms with Crippen LogP contribution in [0.4, 0.5) is 5.69 Å². The number of nitrogens with one attached hydrogen (secondary N) is 1. The highest BCUT2D eigenvalue weighted by Gasteiger charge is 2.36. The largest absolute Gasteiger partial charge is 0.326 e. The number of rotatable bonds is 4. The Bertz CT molecular complexity index is 1190. The van der Waals surface area contributed by atoms with Crippen molar-refractivity contribution >= 4 is 40.7 Å². The van der Waals surface area contributed by atoms with Crippen LogP contribution in [0.15, 0.2) is 47.4 Å². The predicted octanol–water partition coefficient (Wildman–Crippen LogP) is 4.59. The van der Waals surface area contributed by atoms with Crippen molar-refractivity contribution in [2.24, 2.45) is 0 Å². The van der Waals surface area contributed by atoms with E-state index in [9.17, 15) is 14.4 Å². The van der Waals surface area contributed by atoms with E-state index < -0.39 is 11.8 Å². The van der Waals surface area contributed by atoms with Crippen molar-refractivity contribution in [3.05, 3.63) is 91.1 Å². The highest BCUT2D eigenvalue weighted by atomic mass is 35.5. The smallest absolute Gasteiger partial charge is 0.269 e. The molecule has 1 N–H and O–H groups in total. The van der Waals surface area contributed by atoms with Gasteiger partial charge in [-0.3, -0.25) is 14.4 Å². The molecule has 0 bridgehead atoms. The van der Waals surface area contributed by atoms with Crippen LogP contribution < -0.4 is 10.5 Å². The van der Waals surface area contributed by atoms with Crippen LogP contribution in [0.25, 0.3) is 0 Å². The third-order valence-electron chi connectivity index (χ3n) is 4.95. The Morgan fingerprint density at radius 1 is 1.00 bits per heavy atom. The molecule has 0 radical (unpaired) electrons. The van der Waals surface area contributed by atoms with E-state index >= 15 is 0 Å². The van der Waals surface area contributed by atoms with Gasteiger partial charge in [-0.25, -0.2) is 9.88 Å². The van der Waals surface area contributed by atoms with Crippen molar-refractivity contribution < 1.29 is 9.59 Å². The summed E-state index contributed by atoms with van der Waals surface area (Å²) in [7, 11) is 0. The topological polar surface area (TPSA) is 83.1 Å². The van der Waals surface area contributed by atoms with Crippen LogP contribution in [-0.4, -0.2) is 21.8 Å². The number of aromatic nitrogens is 2. The highest BCUT2D eigenvalue weighted by Crippen LogP contribution is 2.35. The second-order valence-corrected chi connectivity index (χ2v) is 8.13. The lowest BCUT2D eigenvalue weighted by molar-refractivity contribution is 0.0926. The number of fused-ring (bicyclic) bond motifs is 1. The highest BCUT2D eigenvalue weighted by molar-refractivity contribution is 6.38. The maximum Gasteiger partial charge on any atom is 0.269 e. The molecule has 30 heavy (non-hydrogen) atoms. The Kier molecular flexibility index (Phi) is 5.22. The average molecular weight is 442 g/mol. The normalized spacial score (nSPS) is 13.3. The molecule has 4 rings (SSSR count). The first-order valence-corrected chi connectivity index (χ1v) is 10.1. The number of nitrogens with zero attached hydrogens (tertiary/aromatic N) is 2. The summed E-state index contributed by atoms with van der Waals surface area (Å²) in [5.74, 6) is -0.866. The fourth-order valence-corrected chi connectivity index (χ4v) is 4.04. The molecule has 0 saturated heterocycles. The molecule has 0 unspecified atom stereocenters. The summed E-state index contributed by atoms with van der Waals surface area (Å²) in [4.78, 5) is 45.5. The molecule has 0 spiro atoms. The number of carbonyl (C=O) groups is 2. The molecule has 1 aliphatic rings. The van der Waals surface area contributed by atoms with Gasteiger partial charge < -0.3 is 4.98 Å². The lowest BCUT2D eigenvalue weighted by atomic mass is 10.1. The summed E-state index contributed by atoms with van der Waals surface area (Å²) >= 11 is 12.9. The first-order chi connectivity index (χ1) is 14.3. The number of aromatic amines is 1. The molecular formula is C22H17Cl2N3O3. The predicted molar refractivity (Wildman–Crippen MR) is 116 cm³/mol. The van der Waals surface area contributed by atoms with Gasteiger partial charge in [0.1, 0.15) is 5.69 Å². The molecule has 0 fully saturated rings. The molecule has 2 amide bonds. The van der Waals surface area contributed by atoms with Gasteiger partial charge in [-0.2, -0.15) is 0 Å². The van der Waals surface area contributed by atoms with Gasteiger partial charge in [0.05, 0.1) is 22.5 Å². The minimum atomic E-state index is -0.417. The van der Waals surface area contributed by atoms with E-state index in [1.807, 2.05) is 13.8 Å². The fraction of sp³-hybridized carbons (Fsp3) is 0.182. The summed E-state index contributed by atoms with van der Waals surface area (Å²) in [6, 6.07) is 9.72. The van der Waals surface area contributed by atoms with Gasteiger partial charge in [-0.1, -0.05) is 49.2 Å². The molecule has 8 heteroatoms. The number of H-pyrrole nitrogens is 1. The van der Waals surface area contributed by atoms with Crippen molar-refractivity contribution in [2.45, 2.75) is 26.2 Å². The number of hydrogen-bond acceptors (Lipinski definition) is 4. The molecule has 2 heterocycles. The summed E-state index contributed by atoms with van der Waals surface area (Å²) in [6.45, 7) is 3.77. The number of amides is 2. The zero-order valence-corrected chi connectivity index (χ0v) is 17.7. The van der Waals surface area contributed by atoms with Crippen molar-refractivity contribution in [3.8, 4) is 0 Å². The van der Waals surface area contributed by atoms with Crippen LogP contribution in [0.3, 0.4) is 0 Å². The van der Waals surface area contributed by atoms with E-state index in [4.69, 9.17) is 23.2 Å². The van der Waals surface area contributed by atoms with Crippen molar-refractivity contribution in [2.75, 3.05) is 4.90 Å². The minimum Gasteiger partial charge on any atom is -0.326 e. The van der Waals surface area contributed by atoms with E-state index in [1.54, 1.807) is 36.4 Å². The molecule has 0 atom stereocenters. The average Bonchev–Trinajstić information content (AvgIpc) is 2.96. The first kappa shape index (κ1) is 20.3. The third-order valence-corrected chi connectivity index (χ3v) is 5.62. The fourth-order valence-electron chi connectivity index (χ4n) is 3.43. The van der Waals surface area contributed by atoms with Crippen molar-refractivity contribution in [1.82, 2.24) is 9.97 Å². The number of imide groups is 1. The van der Waals surface area contributed by atoms with E-state index in [2.05, 4.69) is 9.97 Å².